The number of benzene rings is 2. The highest BCUT2D eigenvalue weighted by Gasteiger charge is 2.37. The molecule has 8 nitrogen and oxygen atoms in total. The van der Waals surface area contributed by atoms with Gasteiger partial charge in [-0.15, -0.1) is 6.58 Å². The van der Waals surface area contributed by atoms with Gasteiger partial charge in [-0.05, 0) is 60.9 Å². The van der Waals surface area contributed by atoms with E-state index in [4.69, 9.17) is 9.47 Å². The Morgan fingerprint density at radius 2 is 2.03 bits per heavy atom. The molecular weight excluding hydrogens is 456 g/mol. The van der Waals surface area contributed by atoms with E-state index in [2.05, 4.69) is 6.58 Å². The zero-order valence-electron chi connectivity index (χ0n) is 19.3. The lowest BCUT2D eigenvalue weighted by Crippen LogP contribution is -2.36. The summed E-state index contributed by atoms with van der Waals surface area (Å²) in [5.74, 6) is 0.621. The number of carbonyl (C=O) groups excluding carboxylic acids is 2. The third-order valence-corrected chi connectivity index (χ3v) is 6.28. The van der Waals surface area contributed by atoms with Crippen LogP contribution >= 0.6 is 11.8 Å². The number of rotatable bonds is 10. The molecular formula is C25H26N2O6S. The predicted octanol–water partition coefficient (Wildman–Crippen LogP) is 5.75. The van der Waals surface area contributed by atoms with E-state index in [9.17, 15) is 19.7 Å². The van der Waals surface area contributed by atoms with Crippen molar-refractivity contribution in [2.75, 3.05) is 7.11 Å². The number of nitrogens with zero attached hydrogens (tertiary/aromatic N) is 2. The third kappa shape index (κ3) is 5.48. The summed E-state index contributed by atoms with van der Waals surface area (Å²) in [6.07, 6.45) is 4.54. The Morgan fingerprint density at radius 3 is 2.68 bits per heavy atom. The highest BCUT2D eigenvalue weighted by Crippen LogP contribution is 2.38. The molecule has 2 amide bonds. The van der Waals surface area contributed by atoms with Crippen molar-refractivity contribution >= 4 is 34.7 Å². The normalized spacial score (nSPS) is 15.5. The molecule has 1 fully saturated rings. The van der Waals surface area contributed by atoms with Gasteiger partial charge in [0.15, 0.2) is 11.5 Å². The number of amides is 2. The zero-order valence-corrected chi connectivity index (χ0v) is 20.1. The molecule has 9 heteroatoms. The van der Waals surface area contributed by atoms with Crippen molar-refractivity contribution < 1.29 is 24.0 Å². The maximum absolute atomic E-state index is 12.8. The van der Waals surface area contributed by atoms with Gasteiger partial charge in [0.1, 0.15) is 6.61 Å². The van der Waals surface area contributed by atoms with Crippen LogP contribution in [-0.4, -0.2) is 34.1 Å². The van der Waals surface area contributed by atoms with Crippen LogP contribution < -0.4 is 9.47 Å². The van der Waals surface area contributed by atoms with E-state index >= 15 is 0 Å². The smallest absolute Gasteiger partial charge is 0.293 e. The Labute approximate surface area is 202 Å². The first kappa shape index (κ1) is 25.0. The van der Waals surface area contributed by atoms with Crippen LogP contribution in [0.15, 0.2) is 54.0 Å². The second kappa shape index (κ2) is 11.0. The maximum Gasteiger partial charge on any atom is 0.293 e. The molecule has 2 aromatic rings. The first-order valence-corrected chi connectivity index (χ1v) is 11.6. The van der Waals surface area contributed by atoms with Crippen LogP contribution in [0.2, 0.25) is 0 Å². The number of ether oxygens (including phenoxy) is 2. The van der Waals surface area contributed by atoms with Gasteiger partial charge < -0.3 is 9.47 Å². The van der Waals surface area contributed by atoms with Crippen molar-refractivity contribution in [3.8, 4) is 11.5 Å². The number of imide groups is 1. The molecule has 0 saturated carbocycles. The van der Waals surface area contributed by atoms with Crippen molar-refractivity contribution in [1.82, 2.24) is 4.90 Å². The molecule has 1 aliphatic rings. The Morgan fingerprint density at radius 1 is 1.26 bits per heavy atom. The summed E-state index contributed by atoms with van der Waals surface area (Å²) in [6.45, 7) is 7.68. The number of hydrogen-bond acceptors (Lipinski definition) is 7. The molecule has 1 atom stereocenters. The van der Waals surface area contributed by atoms with Gasteiger partial charge in [0.2, 0.25) is 0 Å². The van der Waals surface area contributed by atoms with Gasteiger partial charge in [0.25, 0.3) is 16.8 Å². The minimum Gasteiger partial charge on any atom is -0.493 e. The van der Waals surface area contributed by atoms with E-state index in [-0.39, 0.29) is 29.5 Å². The summed E-state index contributed by atoms with van der Waals surface area (Å²) in [5.41, 5.74) is 2.09. The standard InChI is InChI=1S/C25H26N2O6S/c1-5-8-19-11-18(14-22-24(28)26(16(3)6-2)25(29)34-22)13-21(32-4)23(19)33-15-17-9-7-10-20(12-17)27(30)31/h5,7,9-14,16H,1,6,8,15H2,2-4H3/b22-14+/t16-/m0/s1. The molecule has 0 bridgehead atoms. The minimum atomic E-state index is -0.453. The van der Waals surface area contributed by atoms with Crippen molar-refractivity contribution in [1.29, 1.82) is 0 Å². The molecule has 0 aromatic heterocycles. The summed E-state index contributed by atoms with van der Waals surface area (Å²) < 4.78 is 11.6. The minimum absolute atomic E-state index is 0.0129. The van der Waals surface area contributed by atoms with Crippen molar-refractivity contribution in [3.05, 3.63) is 80.8 Å². The third-order valence-electron chi connectivity index (χ3n) is 5.40. The molecule has 0 unspecified atom stereocenters. The summed E-state index contributed by atoms with van der Waals surface area (Å²) in [7, 11) is 1.51. The second-order valence-electron chi connectivity index (χ2n) is 7.73. The highest BCUT2D eigenvalue weighted by molar-refractivity contribution is 8.18. The average Bonchev–Trinajstić information content (AvgIpc) is 3.10. The molecule has 1 saturated heterocycles. The van der Waals surface area contributed by atoms with Crippen LogP contribution in [0, 0.1) is 10.1 Å². The zero-order chi connectivity index (χ0) is 24.8. The Kier molecular flexibility index (Phi) is 8.12. The number of hydrogen-bond donors (Lipinski definition) is 0. The molecule has 3 rings (SSSR count). The van der Waals surface area contributed by atoms with Crippen LogP contribution in [-0.2, 0) is 17.8 Å². The first-order valence-electron chi connectivity index (χ1n) is 10.7. The fraction of sp³-hybridized carbons (Fsp3) is 0.280. The largest absolute Gasteiger partial charge is 0.493 e. The van der Waals surface area contributed by atoms with E-state index in [1.54, 1.807) is 30.4 Å². The van der Waals surface area contributed by atoms with E-state index in [1.165, 1.54) is 24.1 Å². The van der Waals surface area contributed by atoms with Gasteiger partial charge in [-0.2, -0.15) is 0 Å². The number of non-ortho nitro benzene ring substituents is 1. The Balaban J connectivity index is 1.92. The molecule has 2 aromatic carbocycles. The van der Waals surface area contributed by atoms with Crippen molar-refractivity contribution in [3.63, 3.8) is 0 Å². The van der Waals surface area contributed by atoms with Crippen LogP contribution in [0.1, 0.15) is 37.0 Å². The summed E-state index contributed by atoms with van der Waals surface area (Å²) in [6, 6.07) is 9.64. The van der Waals surface area contributed by atoms with E-state index in [1.807, 2.05) is 19.9 Å². The SMILES string of the molecule is C=CCc1cc(/C=C2/SC(=O)N([C@@H](C)CC)C2=O)cc(OC)c1OCc1cccc([N+](=O)[O-])c1. The Hall–Kier alpha value is -3.59. The van der Waals surface area contributed by atoms with Gasteiger partial charge in [-0.1, -0.05) is 25.1 Å². The highest BCUT2D eigenvalue weighted by atomic mass is 32.2. The number of methoxy groups -OCH3 is 1. The molecule has 0 radical (unpaired) electrons. The lowest BCUT2D eigenvalue weighted by atomic mass is 10.0. The molecule has 178 valence electrons. The first-order chi connectivity index (χ1) is 16.3. The second-order valence-corrected chi connectivity index (χ2v) is 8.72. The maximum atomic E-state index is 12.8. The fourth-order valence-electron chi connectivity index (χ4n) is 3.50. The van der Waals surface area contributed by atoms with E-state index in [0.29, 0.717) is 40.4 Å². The Bertz CT molecular complexity index is 1160. The number of nitro groups is 1. The lowest BCUT2D eigenvalue weighted by Gasteiger charge is -2.19. The predicted molar refractivity (Wildman–Crippen MR) is 132 cm³/mol. The lowest BCUT2D eigenvalue weighted by molar-refractivity contribution is -0.384. The number of thioether (sulfide) groups is 1. The van der Waals surface area contributed by atoms with Gasteiger partial charge in [0, 0.05) is 23.7 Å². The van der Waals surface area contributed by atoms with Crippen LogP contribution in [0.3, 0.4) is 0 Å². The van der Waals surface area contributed by atoms with Crippen LogP contribution in [0.5, 0.6) is 11.5 Å². The van der Waals surface area contributed by atoms with E-state index in [0.717, 1.165) is 17.3 Å². The molecule has 34 heavy (non-hydrogen) atoms. The molecule has 0 N–H and O–H groups in total. The van der Waals surface area contributed by atoms with Crippen LogP contribution in [0.4, 0.5) is 10.5 Å². The number of allylic oxidation sites excluding steroid dienone is 1. The molecule has 1 aliphatic heterocycles. The van der Waals surface area contributed by atoms with Gasteiger partial charge in [-0.3, -0.25) is 24.6 Å². The number of nitro benzene ring substituents is 1. The topological polar surface area (TPSA) is 99.0 Å². The fourth-order valence-corrected chi connectivity index (χ4v) is 4.43. The molecule has 0 spiro atoms. The quantitative estimate of drug-likeness (QED) is 0.184. The van der Waals surface area contributed by atoms with Gasteiger partial charge in [0.05, 0.1) is 16.9 Å². The monoisotopic (exact) mass is 482 g/mol. The van der Waals surface area contributed by atoms with Crippen molar-refractivity contribution in [2.24, 2.45) is 0 Å². The summed E-state index contributed by atoms with van der Waals surface area (Å²) in [4.78, 5) is 37.4. The van der Waals surface area contributed by atoms with Crippen molar-refractivity contribution in [2.45, 2.75) is 39.3 Å². The van der Waals surface area contributed by atoms with Crippen LogP contribution in [0.25, 0.3) is 6.08 Å². The summed E-state index contributed by atoms with van der Waals surface area (Å²) >= 11 is 0.920. The average molecular weight is 483 g/mol. The van der Waals surface area contributed by atoms with Gasteiger partial charge >= 0.3 is 0 Å². The summed E-state index contributed by atoms with van der Waals surface area (Å²) in [5, 5.41) is 10.8. The molecule has 0 aliphatic carbocycles. The number of carbonyl (C=O) groups is 2. The van der Waals surface area contributed by atoms with Gasteiger partial charge in [-0.25, -0.2) is 0 Å². The van der Waals surface area contributed by atoms with E-state index < -0.39 is 4.92 Å². The molecule has 1 heterocycles.